The lowest BCUT2D eigenvalue weighted by molar-refractivity contribution is -0.151. The number of amides is 1. The number of rotatable bonds is 5. The zero-order valence-electron chi connectivity index (χ0n) is 12.0. The first-order chi connectivity index (χ1) is 10.0. The van der Waals surface area contributed by atoms with Gasteiger partial charge in [-0.15, -0.1) is 0 Å². The molecule has 1 aliphatic rings. The molecular weight excluding hydrogens is 274 g/mol. The fraction of sp³-hybridized carbons (Fsp3) is 0.467. The van der Waals surface area contributed by atoms with Crippen molar-refractivity contribution in [2.24, 2.45) is 0 Å². The van der Waals surface area contributed by atoms with Gasteiger partial charge in [0.2, 0.25) is 5.91 Å². The van der Waals surface area contributed by atoms with Crippen LogP contribution in [-0.2, 0) is 14.3 Å². The number of hydrogen-bond acceptors (Lipinski definition) is 4. The van der Waals surface area contributed by atoms with E-state index in [1.54, 1.807) is 7.11 Å². The van der Waals surface area contributed by atoms with Crippen molar-refractivity contribution in [2.45, 2.75) is 38.0 Å². The number of hydrogen-bond donors (Lipinski definition) is 2. The predicted octanol–water partition coefficient (Wildman–Crippen LogP) is 1.50. The van der Waals surface area contributed by atoms with Crippen molar-refractivity contribution in [3.8, 4) is 5.75 Å². The predicted molar refractivity (Wildman–Crippen MR) is 75.1 cm³/mol. The molecule has 0 aromatic heterocycles. The lowest BCUT2D eigenvalue weighted by atomic mass is 10.1. The lowest BCUT2D eigenvalue weighted by Crippen LogP contribution is -2.37. The molecular formula is C15H19NO5. The summed E-state index contributed by atoms with van der Waals surface area (Å²) >= 11 is 0. The van der Waals surface area contributed by atoms with Gasteiger partial charge in [-0.2, -0.15) is 0 Å². The number of carboxylic acids is 1. The van der Waals surface area contributed by atoms with Crippen molar-refractivity contribution in [3.63, 3.8) is 0 Å². The molecule has 114 valence electrons. The normalized spacial score (nSPS) is 22.6. The third kappa shape index (κ3) is 3.72. The molecule has 1 aromatic carbocycles. The summed E-state index contributed by atoms with van der Waals surface area (Å²) in [5.74, 6) is -0.545. The van der Waals surface area contributed by atoms with E-state index in [0.29, 0.717) is 12.8 Å². The van der Waals surface area contributed by atoms with Gasteiger partial charge in [0.1, 0.15) is 11.9 Å². The van der Waals surface area contributed by atoms with Gasteiger partial charge in [0.15, 0.2) is 6.10 Å². The highest BCUT2D eigenvalue weighted by atomic mass is 16.5. The van der Waals surface area contributed by atoms with Gasteiger partial charge in [-0.1, -0.05) is 12.1 Å². The zero-order chi connectivity index (χ0) is 15.4. The van der Waals surface area contributed by atoms with E-state index in [2.05, 4.69) is 5.32 Å². The third-order valence-electron chi connectivity index (χ3n) is 3.56. The molecule has 21 heavy (non-hydrogen) atoms. The van der Waals surface area contributed by atoms with Crippen molar-refractivity contribution in [2.75, 3.05) is 7.11 Å². The summed E-state index contributed by atoms with van der Waals surface area (Å²) in [5, 5.41) is 11.7. The molecule has 0 spiro atoms. The molecule has 6 nitrogen and oxygen atoms in total. The van der Waals surface area contributed by atoms with Crippen molar-refractivity contribution in [1.82, 2.24) is 5.32 Å². The fourth-order valence-electron chi connectivity index (χ4n) is 2.29. The molecule has 0 bridgehead atoms. The van der Waals surface area contributed by atoms with Crippen LogP contribution < -0.4 is 10.1 Å². The summed E-state index contributed by atoms with van der Waals surface area (Å²) in [6.45, 7) is 1.86. The number of methoxy groups -OCH3 is 1. The Morgan fingerprint density at radius 2 is 1.90 bits per heavy atom. The Bertz CT molecular complexity index is 513. The summed E-state index contributed by atoms with van der Waals surface area (Å²) in [5.41, 5.74) is 0.942. The molecule has 6 heteroatoms. The summed E-state index contributed by atoms with van der Waals surface area (Å²) in [6.07, 6.45) is -0.772. The van der Waals surface area contributed by atoms with Crippen LogP contribution in [-0.4, -0.2) is 36.3 Å². The van der Waals surface area contributed by atoms with E-state index in [1.807, 2.05) is 31.2 Å². The first-order valence-corrected chi connectivity index (χ1v) is 6.84. The van der Waals surface area contributed by atoms with Gasteiger partial charge in [0.25, 0.3) is 0 Å². The van der Waals surface area contributed by atoms with E-state index >= 15 is 0 Å². The van der Waals surface area contributed by atoms with E-state index in [1.165, 1.54) is 0 Å². The molecule has 1 amide bonds. The Morgan fingerprint density at radius 3 is 2.43 bits per heavy atom. The fourth-order valence-corrected chi connectivity index (χ4v) is 2.29. The van der Waals surface area contributed by atoms with Gasteiger partial charge in [-0.25, -0.2) is 4.79 Å². The van der Waals surface area contributed by atoms with Gasteiger partial charge >= 0.3 is 5.97 Å². The van der Waals surface area contributed by atoms with Crippen LogP contribution >= 0.6 is 0 Å². The topological polar surface area (TPSA) is 84.9 Å². The van der Waals surface area contributed by atoms with E-state index in [-0.39, 0.29) is 11.9 Å². The summed E-state index contributed by atoms with van der Waals surface area (Å²) in [7, 11) is 1.59. The van der Waals surface area contributed by atoms with E-state index in [4.69, 9.17) is 14.6 Å². The maximum Gasteiger partial charge on any atom is 0.332 e. The first kappa shape index (κ1) is 15.3. The minimum atomic E-state index is -1.02. The highest BCUT2D eigenvalue weighted by Gasteiger charge is 2.35. The van der Waals surface area contributed by atoms with Gasteiger partial charge in [0.05, 0.1) is 13.2 Å². The van der Waals surface area contributed by atoms with Gasteiger partial charge in [-0.05, 0) is 37.5 Å². The molecule has 0 aliphatic carbocycles. The van der Waals surface area contributed by atoms with Crippen LogP contribution in [0.2, 0.25) is 0 Å². The minimum absolute atomic E-state index is 0.184. The molecule has 1 saturated heterocycles. The molecule has 1 aliphatic heterocycles. The largest absolute Gasteiger partial charge is 0.497 e. The summed E-state index contributed by atoms with van der Waals surface area (Å²) in [6, 6.07) is 7.21. The Kier molecular flexibility index (Phi) is 4.80. The van der Waals surface area contributed by atoms with E-state index in [0.717, 1.165) is 11.3 Å². The van der Waals surface area contributed by atoms with E-state index < -0.39 is 18.2 Å². The second-order valence-electron chi connectivity index (χ2n) is 5.03. The monoisotopic (exact) mass is 293 g/mol. The van der Waals surface area contributed by atoms with Crippen LogP contribution in [0.3, 0.4) is 0 Å². The second-order valence-corrected chi connectivity index (χ2v) is 5.03. The van der Waals surface area contributed by atoms with Crippen LogP contribution in [0.25, 0.3) is 0 Å². The molecule has 1 aromatic rings. The van der Waals surface area contributed by atoms with Gasteiger partial charge in [0, 0.05) is 0 Å². The number of carboxylic acid groups (broad SMARTS) is 1. The Labute approximate surface area is 123 Å². The highest BCUT2D eigenvalue weighted by Crippen LogP contribution is 2.22. The number of aliphatic carboxylic acids is 1. The Hall–Kier alpha value is -2.08. The molecule has 1 fully saturated rings. The van der Waals surface area contributed by atoms with Crippen LogP contribution in [0.5, 0.6) is 5.75 Å². The van der Waals surface area contributed by atoms with E-state index in [9.17, 15) is 9.59 Å². The third-order valence-corrected chi connectivity index (χ3v) is 3.56. The second kappa shape index (κ2) is 6.58. The minimum Gasteiger partial charge on any atom is -0.497 e. The zero-order valence-corrected chi connectivity index (χ0v) is 12.0. The Balaban J connectivity index is 1.91. The Morgan fingerprint density at radius 1 is 1.29 bits per heavy atom. The molecule has 0 unspecified atom stereocenters. The standard InChI is InChI=1S/C15H19NO5/c1-9(10-3-5-11(20-2)6-4-10)16-14(17)12-7-8-13(21-12)15(18)19/h3-6,9,12-13H,7-8H2,1-2H3,(H,16,17)(H,18,19)/t9-,12+,13-/m1/s1. The lowest BCUT2D eigenvalue weighted by Gasteiger charge is -2.18. The molecule has 2 rings (SSSR count). The van der Waals surface area contributed by atoms with Crippen molar-refractivity contribution in [3.05, 3.63) is 29.8 Å². The van der Waals surface area contributed by atoms with Crippen LogP contribution in [0.1, 0.15) is 31.4 Å². The van der Waals surface area contributed by atoms with Crippen molar-refractivity contribution >= 4 is 11.9 Å². The maximum absolute atomic E-state index is 12.1. The molecule has 0 radical (unpaired) electrons. The number of ether oxygens (including phenoxy) is 2. The molecule has 1 heterocycles. The molecule has 0 saturated carbocycles. The van der Waals surface area contributed by atoms with Crippen molar-refractivity contribution in [1.29, 1.82) is 0 Å². The smallest absolute Gasteiger partial charge is 0.332 e. The number of carbonyl (C=O) groups excluding carboxylic acids is 1. The molecule has 2 N–H and O–H groups in total. The average molecular weight is 293 g/mol. The quantitative estimate of drug-likeness (QED) is 0.859. The average Bonchev–Trinajstić information content (AvgIpc) is 2.97. The summed E-state index contributed by atoms with van der Waals surface area (Å²) < 4.78 is 10.3. The number of benzene rings is 1. The van der Waals surface area contributed by atoms with Crippen molar-refractivity contribution < 1.29 is 24.2 Å². The SMILES string of the molecule is COc1ccc([C@@H](C)NC(=O)[C@@H]2CC[C@H](C(=O)O)O2)cc1. The van der Waals surface area contributed by atoms with Crippen LogP contribution in [0.15, 0.2) is 24.3 Å². The number of nitrogens with one attached hydrogen (secondary N) is 1. The van der Waals surface area contributed by atoms with Crippen LogP contribution in [0.4, 0.5) is 0 Å². The van der Waals surface area contributed by atoms with Gasteiger partial charge < -0.3 is 19.9 Å². The first-order valence-electron chi connectivity index (χ1n) is 6.84. The van der Waals surface area contributed by atoms with Crippen LogP contribution in [0, 0.1) is 0 Å². The van der Waals surface area contributed by atoms with Gasteiger partial charge in [-0.3, -0.25) is 4.79 Å². The summed E-state index contributed by atoms with van der Waals surface area (Å²) in [4.78, 5) is 22.9. The maximum atomic E-state index is 12.1. The molecule has 3 atom stereocenters. The number of carbonyl (C=O) groups is 2. The highest BCUT2D eigenvalue weighted by molar-refractivity contribution is 5.83.